The molecule has 0 N–H and O–H groups in total. The van der Waals surface area contributed by atoms with Crippen LogP contribution in [-0.4, -0.2) is 12.5 Å². The second kappa shape index (κ2) is 7.96. The van der Waals surface area contributed by atoms with Crippen LogP contribution in [0.25, 0.3) is 0 Å². The number of thioether (sulfide) groups is 1. The highest BCUT2D eigenvalue weighted by atomic mass is 35.5. The summed E-state index contributed by atoms with van der Waals surface area (Å²) in [6.45, 7) is 0. The van der Waals surface area contributed by atoms with E-state index in [4.69, 9.17) is 11.6 Å². The maximum absolute atomic E-state index is 5.53. The van der Waals surface area contributed by atoms with Crippen LogP contribution in [-0.2, 0) is 5.88 Å². The zero-order valence-corrected chi connectivity index (χ0v) is 8.45. The molecule has 0 saturated heterocycles. The molecule has 0 aliphatic heterocycles. The fraction of sp³-hybridized carbons (Fsp3) is 0.333. The fourth-order valence-electron chi connectivity index (χ4n) is 0.567. The third-order valence-electron chi connectivity index (χ3n) is 0.997. The van der Waals surface area contributed by atoms with Gasteiger partial charge in [0.1, 0.15) is 0 Å². The van der Waals surface area contributed by atoms with E-state index in [1.807, 2.05) is 42.8 Å². The summed E-state index contributed by atoms with van der Waals surface area (Å²) in [6, 6.07) is 9.96. The average Bonchev–Trinajstić information content (AvgIpc) is 2.08. The van der Waals surface area contributed by atoms with Crippen LogP contribution >= 0.6 is 23.4 Å². The molecule has 11 heavy (non-hydrogen) atoms. The van der Waals surface area contributed by atoms with Gasteiger partial charge >= 0.3 is 0 Å². The summed E-state index contributed by atoms with van der Waals surface area (Å²) in [7, 11) is 0. The van der Waals surface area contributed by atoms with Gasteiger partial charge in [-0.15, -0.1) is 11.6 Å². The lowest BCUT2D eigenvalue weighted by Gasteiger charge is -1.88. The van der Waals surface area contributed by atoms with Gasteiger partial charge in [0, 0.05) is 5.88 Å². The van der Waals surface area contributed by atoms with Gasteiger partial charge in [0.25, 0.3) is 0 Å². The van der Waals surface area contributed by atoms with Gasteiger partial charge in [0.05, 0.1) is 0 Å². The Morgan fingerprint density at radius 2 is 1.64 bits per heavy atom. The Labute approximate surface area is 78.0 Å². The highest BCUT2D eigenvalue weighted by Crippen LogP contribution is 2.00. The second-order valence-corrected chi connectivity index (χ2v) is 3.11. The van der Waals surface area contributed by atoms with Gasteiger partial charge in [-0.1, -0.05) is 30.3 Å². The Morgan fingerprint density at radius 3 is 1.91 bits per heavy atom. The predicted octanol–water partition coefficient (Wildman–Crippen LogP) is 3.40. The minimum absolute atomic E-state index is 0.612. The summed E-state index contributed by atoms with van der Waals surface area (Å²) in [6.07, 6.45) is 4.08. The zero-order valence-electron chi connectivity index (χ0n) is 6.88. The molecule has 0 amide bonds. The first-order chi connectivity index (χ1) is 5.35. The van der Waals surface area contributed by atoms with Crippen molar-refractivity contribution >= 4 is 23.4 Å². The van der Waals surface area contributed by atoms with Crippen LogP contribution in [0.1, 0.15) is 5.56 Å². The standard InChI is InChI=1S/C7H7Cl.C2H6S/c8-6-7-4-2-1-3-5-7;1-3-2/h1-5H,6H2;1-2H3. The summed E-state index contributed by atoms with van der Waals surface area (Å²) >= 11 is 7.28. The summed E-state index contributed by atoms with van der Waals surface area (Å²) in [5, 5.41) is 0. The van der Waals surface area contributed by atoms with Gasteiger partial charge in [-0.2, -0.15) is 11.8 Å². The molecule has 0 saturated carbocycles. The molecule has 1 rings (SSSR count). The van der Waals surface area contributed by atoms with Crippen molar-refractivity contribution in [2.45, 2.75) is 5.88 Å². The first-order valence-corrected chi connectivity index (χ1v) is 5.52. The number of alkyl halides is 1. The quantitative estimate of drug-likeness (QED) is 0.609. The van der Waals surface area contributed by atoms with E-state index in [1.54, 1.807) is 11.8 Å². The molecule has 2 heteroatoms. The molecule has 0 aliphatic rings. The molecular weight excluding hydrogens is 176 g/mol. The topological polar surface area (TPSA) is 0 Å². The summed E-state index contributed by atoms with van der Waals surface area (Å²) in [5.74, 6) is 0.612. The van der Waals surface area contributed by atoms with Crippen molar-refractivity contribution < 1.29 is 0 Å². The highest BCUT2D eigenvalue weighted by Gasteiger charge is 1.81. The van der Waals surface area contributed by atoms with Gasteiger partial charge in [0.2, 0.25) is 0 Å². The van der Waals surface area contributed by atoms with E-state index in [0.717, 1.165) is 0 Å². The van der Waals surface area contributed by atoms with Gasteiger partial charge in [0.15, 0.2) is 0 Å². The first-order valence-electron chi connectivity index (χ1n) is 3.35. The monoisotopic (exact) mass is 188 g/mol. The largest absolute Gasteiger partial charge is 0.169 e. The van der Waals surface area contributed by atoms with Gasteiger partial charge < -0.3 is 0 Å². The third-order valence-corrected chi connectivity index (χ3v) is 1.31. The van der Waals surface area contributed by atoms with Crippen LogP contribution < -0.4 is 0 Å². The van der Waals surface area contributed by atoms with E-state index in [-0.39, 0.29) is 0 Å². The molecule has 0 radical (unpaired) electrons. The van der Waals surface area contributed by atoms with Crippen LogP contribution in [0.5, 0.6) is 0 Å². The van der Waals surface area contributed by atoms with E-state index in [2.05, 4.69) is 0 Å². The van der Waals surface area contributed by atoms with Crippen molar-refractivity contribution in [2.75, 3.05) is 12.5 Å². The molecule has 0 aromatic heterocycles. The SMILES string of the molecule is CSC.ClCc1ccccc1. The van der Waals surface area contributed by atoms with Crippen LogP contribution in [0, 0.1) is 0 Å². The lowest BCUT2D eigenvalue weighted by atomic mass is 10.2. The van der Waals surface area contributed by atoms with Crippen molar-refractivity contribution in [3.63, 3.8) is 0 Å². The predicted molar refractivity (Wildman–Crippen MR) is 55.4 cm³/mol. The van der Waals surface area contributed by atoms with E-state index in [0.29, 0.717) is 5.88 Å². The van der Waals surface area contributed by atoms with E-state index in [9.17, 15) is 0 Å². The molecule has 0 heterocycles. The van der Waals surface area contributed by atoms with E-state index in [1.165, 1.54) is 5.56 Å². The number of halogens is 1. The third kappa shape index (κ3) is 6.27. The Kier molecular flexibility index (Phi) is 7.86. The van der Waals surface area contributed by atoms with Gasteiger partial charge in [-0.3, -0.25) is 0 Å². The fourth-order valence-corrected chi connectivity index (χ4v) is 0.745. The zero-order chi connectivity index (χ0) is 8.53. The maximum atomic E-state index is 5.53. The maximum Gasteiger partial charge on any atom is 0.0474 e. The Morgan fingerprint density at radius 1 is 1.18 bits per heavy atom. The minimum Gasteiger partial charge on any atom is -0.169 e. The van der Waals surface area contributed by atoms with Gasteiger partial charge in [-0.05, 0) is 18.1 Å². The molecule has 1 aromatic carbocycles. The second-order valence-electron chi connectivity index (χ2n) is 2.03. The normalized spacial score (nSPS) is 8.27. The Hall–Kier alpha value is -0.140. The summed E-state index contributed by atoms with van der Waals surface area (Å²) < 4.78 is 0. The van der Waals surface area contributed by atoms with Crippen LogP contribution in [0.3, 0.4) is 0 Å². The number of rotatable bonds is 1. The molecular formula is C9H13ClS. The summed E-state index contributed by atoms with van der Waals surface area (Å²) in [4.78, 5) is 0. The molecule has 0 bridgehead atoms. The van der Waals surface area contributed by atoms with Gasteiger partial charge in [-0.25, -0.2) is 0 Å². The van der Waals surface area contributed by atoms with E-state index < -0.39 is 0 Å². The lowest BCUT2D eigenvalue weighted by Crippen LogP contribution is -1.71. The Bertz CT molecular complexity index is 162. The van der Waals surface area contributed by atoms with Crippen molar-refractivity contribution in [1.29, 1.82) is 0 Å². The van der Waals surface area contributed by atoms with Crippen molar-refractivity contribution in [3.05, 3.63) is 35.9 Å². The van der Waals surface area contributed by atoms with E-state index >= 15 is 0 Å². The van der Waals surface area contributed by atoms with Crippen LogP contribution in [0.4, 0.5) is 0 Å². The molecule has 0 atom stereocenters. The highest BCUT2D eigenvalue weighted by molar-refractivity contribution is 7.97. The van der Waals surface area contributed by atoms with Crippen molar-refractivity contribution in [1.82, 2.24) is 0 Å². The molecule has 0 nitrogen and oxygen atoms in total. The molecule has 62 valence electrons. The molecule has 0 aliphatic carbocycles. The lowest BCUT2D eigenvalue weighted by molar-refractivity contribution is 1.41. The van der Waals surface area contributed by atoms with Crippen molar-refractivity contribution in [2.24, 2.45) is 0 Å². The minimum atomic E-state index is 0.612. The summed E-state index contributed by atoms with van der Waals surface area (Å²) in [5.41, 5.74) is 1.18. The van der Waals surface area contributed by atoms with Crippen LogP contribution in [0.2, 0.25) is 0 Å². The van der Waals surface area contributed by atoms with Crippen LogP contribution in [0.15, 0.2) is 30.3 Å². The number of hydrogen-bond donors (Lipinski definition) is 0. The number of benzene rings is 1. The first kappa shape index (κ1) is 10.9. The smallest absolute Gasteiger partial charge is 0.0474 e. The molecule has 0 fully saturated rings. The molecule has 1 aromatic rings. The molecule has 0 unspecified atom stereocenters. The molecule has 0 spiro atoms. The Balaban J connectivity index is 0.000000292. The van der Waals surface area contributed by atoms with Crippen molar-refractivity contribution in [3.8, 4) is 0 Å². The number of hydrogen-bond acceptors (Lipinski definition) is 1. The average molecular weight is 189 g/mol.